The number of methoxy groups -OCH3 is 1. The summed E-state index contributed by atoms with van der Waals surface area (Å²) >= 11 is 0. The molecular weight excluding hydrogens is 327 g/mol. The number of alkyl carbamates (subject to hydrolysis) is 1. The van der Waals surface area contributed by atoms with Crippen LogP contribution in [0.1, 0.15) is 31.9 Å². The summed E-state index contributed by atoms with van der Waals surface area (Å²) in [5.41, 5.74) is -1.58. The lowest BCUT2D eigenvalue weighted by Crippen LogP contribution is -2.34. The molecule has 1 rings (SSSR count). The smallest absolute Gasteiger partial charge is 0.416 e. The molecule has 5 nitrogen and oxygen atoms in total. The SMILES string of the molecule is COC(=O)/C(=C\c1ccc(C(F)(F)F)cc1)NC(=O)OC(C)(C)C. The monoisotopic (exact) mass is 345 g/mol. The molecule has 0 aliphatic heterocycles. The Hall–Kier alpha value is -2.51. The highest BCUT2D eigenvalue weighted by Crippen LogP contribution is 2.29. The third-order valence-electron chi connectivity index (χ3n) is 2.59. The first kappa shape index (κ1) is 19.5. The summed E-state index contributed by atoms with van der Waals surface area (Å²) in [6.07, 6.45) is -4.15. The average Bonchev–Trinajstić information content (AvgIpc) is 2.43. The molecule has 1 aromatic carbocycles. The largest absolute Gasteiger partial charge is 0.464 e. The van der Waals surface area contributed by atoms with Gasteiger partial charge in [0.25, 0.3) is 0 Å². The average molecular weight is 345 g/mol. The number of esters is 1. The van der Waals surface area contributed by atoms with Gasteiger partial charge in [0.05, 0.1) is 12.7 Å². The van der Waals surface area contributed by atoms with Crippen LogP contribution in [0, 0.1) is 0 Å². The molecule has 0 fully saturated rings. The molecule has 0 radical (unpaired) electrons. The fourth-order valence-corrected chi connectivity index (χ4v) is 1.60. The zero-order chi connectivity index (χ0) is 18.5. The number of nitrogens with one attached hydrogen (secondary N) is 1. The molecule has 0 saturated carbocycles. The zero-order valence-corrected chi connectivity index (χ0v) is 13.7. The molecule has 1 aromatic rings. The molecule has 0 aliphatic rings. The van der Waals surface area contributed by atoms with Crippen LogP contribution in [0.15, 0.2) is 30.0 Å². The van der Waals surface area contributed by atoms with Crippen molar-refractivity contribution in [3.8, 4) is 0 Å². The number of benzene rings is 1. The Morgan fingerprint density at radius 3 is 2.04 bits per heavy atom. The molecule has 0 aliphatic carbocycles. The van der Waals surface area contributed by atoms with Gasteiger partial charge in [-0.2, -0.15) is 13.2 Å². The topological polar surface area (TPSA) is 64.6 Å². The van der Waals surface area contributed by atoms with Crippen molar-refractivity contribution in [2.45, 2.75) is 32.5 Å². The van der Waals surface area contributed by atoms with Crippen LogP contribution in [-0.4, -0.2) is 24.8 Å². The molecule has 1 N–H and O–H groups in total. The Kier molecular flexibility index (Phi) is 6.00. The van der Waals surface area contributed by atoms with E-state index in [0.717, 1.165) is 19.2 Å². The molecule has 0 saturated heterocycles. The molecule has 24 heavy (non-hydrogen) atoms. The molecule has 8 heteroatoms. The molecule has 0 heterocycles. The lowest BCUT2D eigenvalue weighted by Gasteiger charge is -2.20. The number of rotatable bonds is 3. The maximum Gasteiger partial charge on any atom is 0.416 e. The van der Waals surface area contributed by atoms with Gasteiger partial charge in [0.1, 0.15) is 11.3 Å². The minimum Gasteiger partial charge on any atom is -0.464 e. The first-order chi connectivity index (χ1) is 10.9. The Morgan fingerprint density at radius 1 is 1.08 bits per heavy atom. The van der Waals surface area contributed by atoms with E-state index in [-0.39, 0.29) is 11.3 Å². The van der Waals surface area contributed by atoms with Crippen LogP contribution in [0.2, 0.25) is 0 Å². The van der Waals surface area contributed by atoms with E-state index in [1.165, 1.54) is 18.2 Å². The van der Waals surface area contributed by atoms with E-state index in [1.807, 2.05) is 0 Å². The predicted molar refractivity (Wildman–Crippen MR) is 80.8 cm³/mol. The summed E-state index contributed by atoms with van der Waals surface area (Å²) in [7, 11) is 1.11. The second kappa shape index (κ2) is 7.37. The minimum atomic E-state index is -4.46. The molecule has 132 valence electrons. The predicted octanol–water partition coefficient (Wildman–Crippen LogP) is 3.74. The van der Waals surface area contributed by atoms with E-state index >= 15 is 0 Å². The third-order valence-corrected chi connectivity index (χ3v) is 2.59. The highest BCUT2D eigenvalue weighted by atomic mass is 19.4. The molecule has 0 bridgehead atoms. The van der Waals surface area contributed by atoms with Gasteiger partial charge in [0.2, 0.25) is 0 Å². The van der Waals surface area contributed by atoms with Gasteiger partial charge in [0, 0.05) is 0 Å². The van der Waals surface area contributed by atoms with Crippen LogP contribution < -0.4 is 5.32 Å². The van der Waals surface area contributed by atoms with Crippen molar-refractivity contribution < 1.29 is 32.2 Å². The summed E-state index contributed by atoms with van der Waals surface area (Å²) in [5.74, 6) is -0.860. The molecule has 0 aromatic heterocycles. The summed E-state index contributed by atoms with van der Waals surface area (Å²) < 4.78 is 47.1. The summed E-state index contributed by atoms with van der Waals surface area (Å²) in [6, 6.07) is 4.08. The highest BCUT2D eigenvalue weighted by molar-refractivity contribution is 5.96. The fourth-order valence-electron chi connectivity index (χ4n) is 1.60. The van der Waals surface area contributed by atoms with Gasteiger partial charge in [0.15, 0.2) is 0 Å². The normalized spacial score (nSPS) is 12.5. The van der Waals surface area contributed by atoms with Gasteiger partial charge in [-0.05, 0) is 44.5 Å². The van der Waals surface area contributed by atoms with Crippen LogP contribution in [0.3, 0.4) is 0 Å². The van der Waals surface area contributed by atoms with Crippen molar-refractivity contribution in [1.82, 2.24) is 5.32 Å². The van der Waals surface area contributed by atoms with Gasteiger partial charge in [-0.25, -0.2) is 9.59 Å². The Labute approximate surface area is 137 Å². The lowest BCUT2D eigenvalue weighted by atomic mass is 10.1. The van der Waals surface area contributed by atoms with Gasteiger partial charge in [-0.15, -0.1) is 0 Å². The number of carbonyl (C=O) groups is 2. The van der Waals surface area contributed by atoms with E-state index in [4.69, 9.17) is 4.74 Å². The van der Waals surface area contributed by atoms with Gasteiger partial charge >= 0.3 is 18.2 Å². The molecular formula is C16H18F3NO4. The maximum atomic E-state index is 12.5. The van der Waals surface area contributed by atoms with Crippen molar-refractivity contribution in [2.75, 3.05) is 7.11 Å². The number of hydrogen-bond acceptors (Lipinski definition) is 4. The van der Waals surface area contributed by atoms with Crippen LogP contribution in [0.4, 0.5) is 18.0 Å². The number of ether oxygens (including phenoxy) is 2. The Balaban J connectivity index is 3.02. The van der Waals surface area contributed by atoms with Crippen LogP contribution in [0.25, 0.3) is 6.08 Å². The maximum absolute atomic E-state index is 12.5. The summed E-state index contributed by atoms with van der Waals surface area (Å²) in [6.45, 7) is 4.93. The van der Waals surface area contributed by atoms with Crippen molar-refractivity contribution in [3.63, 3.8) is 0 Å². The highest BCUT2D eigenvalue weighted by Gasteiger charge is 2.30. The van der Waals surface area contributed by atoms with E-state index in [9.17, 15) is 22.8 Å². The van der Waals surface area contributed by atoms with E-state index in [0.29, 0.717) is 0 Å². The first-order valence-corrected chi connectivity index (χ1v) is 6.89. The zero-order valence-electron chi connectivity index (χ0n) is 13.7. The molecule has 1 amide bonds. The van der Waals surface area contributed by atoms with Crippen molar-refractivity contribution in [1.29, 1.82) is 0 Å². The van der Waals surface area contributed by atoms with Crippen molar-refractivity contribution >= 4 is 18.1 Å². The standard InChI is InChI=1S/C16H18F3NO4/c1-15(2,3)24-14(22)20-12(13(21)23-4)9-10-5-7-11(8-6-10)16(17,18)19/h5-9H,1-4H3,(H,20,22)/b12-9+. The Morgan fingerprint density at radius 2 is 1.62 bits per heavy atom. The summed E-state index contributed by atoms with van der Waals surface area (Å²) in [5, 5.41) is 2.22. The molecule has 0 atom stereocenters. The van der Waals surface area contributed by atoms with Crippen LogP contribution in [-0.2, 0) is 20.4 Å². The van der Waals surface area contributed by atoms with Crippen LogP contribution in [0.5, 0.6) is 0 Å². The second-order valence-corrected chi connectivity index (χ2v) is 5.80. The third kappa shape index (κ3) is 6.31. The quantitative estimate of drug-likeness (QED) is 0.669. The summed E-state index contributed by atoms with van der Waals surface area (Å²) in [4.78, 5) is 23.4. The van der Waals surface area contributed by atoms with E-state index in [2.05, 4.69) is 10.1 Å². The van der Waals surface area contributed by atoms with E-state index in [1.54, 1.807) is 20.8 Å². The second-order valence-electron chi connectivity index (χ2n) is 5.80. The van der Waals surface area contributed by atoms with Crippen molar-refractivity contribution in [3.05, 3.63) is 41.1 Å². The number of halogens is 3. The van der Waals surface area contributed by atoms with Gasteiger partial charge in [-0.1, -0.05) is 12.1 Å². The number of carbonyl (C=O) groups excluding carboxylic acids is 2. The number of hydrogen-bond donors (Lipinski definition) is 1. The van der Waals surface area contributed by atoms with E-state index < -0.39 is 29.4 Å². The molecule has 0 spiro atoms. The first-order valence-electron chi connectivity index (χ1n) is 6.89. The fraction of sp³-hybridized carbons (Fsp3) is 0.375. The van der Waals surface area contributed by atoms with Gasteiger partial charge in [-0.3, -0.25) is 5.32 Å². The molecule has 0 unspecified atom stereocenters. The van der Waals surface area contributed by atoms with Gasteiger partial charge < -0.3 is 9.47 Å². The Bertz CT molecular complexity index is 628. The lowest BCUT2D eigenvalue weighted by molar-refractivity contribution is -0.138. The van der Waals surface area contributed by atoms with Crippen molar-refractivity contribution in [2.24, 2.45) is 0 Å². The minimum absolute atomic E-state index is 0.258. The number of alkyl halides is 3. The van der Waals surface area contributed by atoms with Crippen LogP contribution >= 0.6 is 0 Å². The number of amides is 1.